The van der Waals surface area contributed by atoms with Gasteiger partial charge < -0.3 is 4.42 Å². The van der Waals surface area contributed by atoms with Crippen LogP contribution in [-0.4, -0.2) is 33.0 Å². The second kappa shape index (κ2) is 8.85. The molecule has 2 aromatic rings. The summed E-state index contributed by atoms with van der Waals surface area (Å²) < 4.78 is 34.8. The van der Waals surface area contributed by atoms with Crippen LogP contribution < -0.4 is 4.72 Å². The van der Waals surface area contributed by atoms with Gasteiger partial charge in [-0.1, -0.05) is 0 Å². The van der Waals surface area contributed by atoms with E-state index in [9.17, 15) is 8.42 Å². The van der Waals surface area contributed by atoms with Gasteiger partial charge >= 0.3 is 0 Å². The average Bonchev–Trinajstić information content (AvgIpc) is 3.01. The zero-order chi connectivity index (χ0) is 22.2. The predicted octanol–water partition coefficient (Wildman–Crippen LogP) is 4.63. The molecule has 1 aromatic heterocycles. The van der Waals surface area contributed by atoms with Gasteiger partial charge in [0.1, 0.15) is 11.5 Å². The van der Waals surface area contributed by atoms with E-state index in [2.05, 4.69) is 22.6 Å². The minimum absolute atomic E-state index is 0.372. The minimum Gasteiger partial charge on any atom is -0.466 e. The molecule has 5 nitrogen and oxygen atoms in total. The number of hydrogen-bond acceptors (Lipinski definition) is 4. The van der Waals surface area contributed by atoms with Gasteiger partial charge in [-0.05, 0) is 114 Å². The molecule has 1 aliphatic rings. The molecule has 0 aliphatic carbocycles. The maximum atomic E-state index is 13.1. The SMILES string of the molecule is Cc1cc(CN2CCC(CNS(=O)(=O)c3c(C)c(C)c(C)c(C)c3C)CC2)c(C)o1. The number of hydrogen-bond donors (Lipinski definition) is 1. The predicted molar refractivity (Wildman–Crippen MR) is 121 cm³/mol. The maximum Gasteiger partial charge on any atom is 0.241 e. The summed E-state index contributed by atoms with van der Waals surface area (Å²) in [4.78, 5) is 2.90. The van der Waals surface area contributed by atoms with E-state index in [1.54, 1.807) is 0 Å². The van der Waals surface area contributed by atoms with Gasteiger partial charge in [0.2, 0.25) is 10.0 Å². The lowest BCUT2D eigenvalue weighted by atomic mass is 9.95. The summed E-state index contributed by atoms with van der Waals surface area (Å²) in [5.74, 6) is 2.33. The van der Waals surface area contributed by atoms with Gasteiger partial charge in [0.15, 0.2) is 0 Å². The van der Waals surface area contributed by atoms with Crippen LogP contribution in [0.5, 0.6) is 0 Å². The molecule has 3 rings (SSSR count). The molecule has 0 radical (unpaired) electrons. The molecule has 0 spiro atoms. The van der Waals surface area contributed by atoms with E-state index in [-0.39, 0.29) is 0 Å². The van der Waals surface area contributed by atoms with E-state index in [1.807, 2.05) is 41.5 Å². The number of piperidine rings is 1. The molecule has 1 N–H and O–H groups in total. The summed E-state index contributed by atoms with van der Waals surface area (Å²) in [6.45, 7) is 17.3. The number of sulfonamides is 1. The molecular formula is C24H36N2O3S. The Kier molecular flexibility index (Phi) is 6.80. The van der Waals surface area contributed by atoms with E-state index < -0.39 is 10.0 Å². The first-order chi connectivity index (χ1) is 14.0. The molecule has 1 aliphatic heterocycles. The molecule has 1 saturated heterocycles. The third-order valence-corrected chi connectivity index (χ3v) is 8.70. The van der Waals surface area contributed by atoms with Crippen LogP contribution in [0.25, 0.3) is 0 Å². The summed E-state index contributed by atoms with van der Waals surface area (Å²) in [5, 5.41) is 0. The molecule has 6 heteroatoms. The quantitative estimate of drug-likeness (QED) is 0.723. The lowest BCUT2D eigenvalue weighted by molar-refractivity contribution is 0.178. The summed E-state index contributed by atoms with van der Waals surface area (Å²) >= 11 is 0. The highest BCUT2D eigenvalue weighted by atomic mass is 32.2. The molecule has 30 heavy (non-hydrogen) atoms. The molecular weight excluding hydrogens is 396 g/mol. The number of rotatable bonds is 6. The third kappa shape index (κ3) is 4.66. The monoisotopic (exact) mass is 432 g/mol. The van der Waals surface area contributed by atoms with Gasteiger partial charge in [-0.3, -0.25) is 4.90 Å². The van der Waals surface area contributed by atoms with E-state index in [1.165, 1.54) is 11.1 Å². The summed E-state index contributed by atoms with van der Waals surface area (Å²) in [5.41, 5.74) is 6.29. The Labute approximate surface area is 181 Å². The first-order valence-electron chi connectivity index (χ1n) is 10.9. The smallest absolute Gasteiger partial charge is 0.241 e. The van der Waals surface area contributed by atoms with Crippen LogP contribution in [0.2, 0.25) is 0 Å². The van der Waals surface area contributed by atoms with E-state index >= 15 is 0 Å². The van der Waals surface area contributed by atoms with Crippen molar-refractivity contribution in [2.75, 3.05) is 19.6 Å². The standard InChI is InChI=1S/C24H36N2O3S/c1-15-12-23(21(7)29-15)14-26-10-8-22(9-11-26)13-25-30(27,28)24-19(5)17(3)16(2)18(4)20(24)6/h12,22,25H,8-11,13-14H2,1-7H3. The molecule has 0 bridgehead atoms. The van der Waals surface area contributed by atoms with Gasteiger partial charge in [-0.2, -0.15) is 0 Å². The lowest BCUT2D eigenvalue weighted by Crippen LogP contribution is -2.38. The Balaban J connectivity index is 1.61. The molecule has 0 saturated carbocycles. The van der Waals surface area contributed by atoms with Crippen LogP contribution in [0.1, 0.15) is 57.7 Å². The van der Waals surface area contributed by atoms with Gasteiger partial charge in [-0.25, -0.2) is 13.1 Å². The summed E-state index contributed by atoms with van der Waals surface area (Å²) in [6.07, 6.45) is 2.00. The van der Waals surface area contributed by atoms with Gasteiger partial charge in [0, 0.05) is 18.7 Å². The Morgan fingerprint density at radius 1 is 0.933 bits per heavy atom. The van der Waals surface area contributed by atoms with E-state index in [0.29, 0.717) is 17.4 Å². The highest BCUT2D eigenvalue weighted by Crippen LogP contribution is 2.30. The van der Waals surface area contributed by atoms with E-state index in [4.69, 9.17) is 4.42 Å². The maximum absolute atomic E-state index is 13.1. The molecule has 1 fully saturated rings. The first kappa shape index (κ1) is 23.0. The fourth-order valence-corrected chi connectivity index (χ4v) is 6.31. The molecule has 0 unspecified atom stereocenters. The van der Waals surface area contributed by atoms with Crippen LogP contribution in [0, 0.1) is 54.4 Å². The highest BCUT2D eigenvalue weighted by molar-refractivity contribution is 7.89. The highest BCUT2D eigenvalue weighted by Gasteiger charge is 2.26. The fourth-order valence-electron chi connectivity index (χ4n) is 4.60. The average molecular weight is 433 g/mol. The summed E-state index contributed by atoms with van der Waals surface area (Å²) in [7, 11) is -3.52. The number of furan rings is 1. The fraction of sp³-hybridized carbons (Fsp3) is 0.583. The van der Waals surface area contributed by atoms with Crippen molar-refractivity contribution in [1.29, 1.82) is 0 Å². The van der Waals surface area contributed by atoms with Crippen molar-refractivity contribution in [3.05, 3.63) is 51.0 Å². The number of aryl methyl sites for hydroxylation is 2. The zero-order valence-corrected chi connectivity index (χ0v) is 20.3. The van der Waals surface area contributed by atoms with Crippen molar-refractivity contribution in [3.8, 4) is 0 Å². The van der Waals surface area contributed by atoms with Crippen LogP contribution in [0.4, 0.5) is 0 Å². The van der Waals surface area contributed by atoms with Crippen molar-refractivity contribution in [1.82, 2.24) is 9.62 Å². The van der Waals surface area contributed by atoms with Crippen LogP contribution >= 0.6 is 0 Å². The first-order valence-corrected chi connectivity index (χ1v) is 12.3. The Morgan fingerprint density at radius 3 is 1.97 bits per heavy atom. The second-order valence-electron chi connectivity index (χ2n) is 8.96. The lowest BCUT2D eigenvalue weighted by Gasteiger charge is -2.32. The second-order valence-corrected chi connectivity index (χ2v) is 10.7. The Bertz CT molecular complexity index is 1000. The molecule has 166 valence electrons. The van der Waals surface area contributed by atoms with Crippen molar-refractivity contribution in [2.45, 2.75) is 72.7 Å². The number of nitrogens with zero attached hydrogens (tertiary/aromatic N) is 1. The Hall–Kier alpha value is -1.63. The molecule has 1 aromatic carbocycles. The molecule has 2 heterocycles. The molecule has 0 atom stereocenters. The van der Waals surface area contributed by atoms with Crippen LogP contribution in [0.3, 0.4) is 0 Å². The normalized spacial score (nSPS) is 16.4. The van der Waals surface area contributed by atoms with Gasteiger partial charge in [0.25, 0.3) is 0 Å². The van der Waals surface area contributed by atoms with E-state index in [0.717, 1.165) is 66.3 Å². The Morgan fingerprint density at radius 2 is 1.47 bits per heavy atom. The number of likely N-dealkylation sites (tertiary alicyclic amines) is 1. The van der Waals surface area contributed by atoms with Crippen molar-refractivity contribution in [3.63, 3.8) is 0 Å². The minimum atomic E-state index is -3.52. The topological polar surface area (TPSA) is 62.6 Å². The summed E-state index contributed by atoms with van der Waals surface area (Å²) in [6, 6.07) is 2.12. The van der Waals surface area contributed by atoms with Crippen molar-refractivity contribution < 1.29 is 12.8 Å². The third-order valence-electron chi connectivity index (χ3n) is 7.01. The number of nitrogens with one attached hydrogen (secondary N) is 1. The van der Waals surface area contributed by atoms with Crippen molar-refractivity contribution in [2.24, 2.45) is 5.92 Å². The largest absolute Gasteiger partial charge is 0.466 e. The van der Waals surface area contributed by atoms with Gasteiger partial charge in [-0.15, -0.1) is 0 Å². The molecule has 0 amide bonds. The number of benzene rings is 1. The van der Waals surface area contributed by atoms with Crippen molar-refractivity contribution >= 4 is 10.0 Å². The van der Waals surface area contributed by atoms with Crippen LogP contribution in [0.15, 0.2) is 15.4 Å². The van der Waals surface area contributed by atoms with Gasteiger partial charge in [0.05, 0.1) is 4.90 Å². The van der Waals surface area contributed by atoms with Crippen LogP contribution in [-0.2, 0) is 16.6 Å². The zero-order valence-electron chi connectivity index (χ0n) is 19.5.